The molecule has 1 atom stereocenters. The number of ketones is 1. The maximum atomic E-state index is 12.0. The minimum absolute atomic E-state index is 0.178. The molecule has 0 bridgehead atoms. The van der Waals surface area contributed by atoms with Crippen LogP contribution < -0.4 is 0 Å². The molecule has 92 valence electrons. The monoisotopic (exact) mass is 224 g/mol. The van der Waals surface area contributed by atoms with Gasteiger partial charge in [0.2, 0.25) is 0 Å². The lowest BCUT2D eigenvalue weighted by molar-refractivity contribution is -0.116. The van der Waals surface area contributed by atoms with E-state index in [1.807, 2.05) is 6.92 Å². The van der Waals surface area contributed by atoms with Gasteiger partial charge in [-0.05, 0) is 42.6 Å². The minimum atomic E-state index is 0.178. The molecule has 0 spiro atoms. The van der Waals surface area contributed by atoms with Crippen molar-refractivity contribution in [3.63, 3.8) is 0 Å². The van der Waals surface area contributed by atoms with Gasteiger partial charge in [0.15, 0.2) is 5.78 Å². The van der Waals surface area contributed by atoms with Crippen LogP contribution >= 0.6 is 0 Å². The van der Waals surface area contributed by atoms with Crippen molar-refractivity contribution in [2.75, 3.05) is 6.61 Å². The zero-order chi connectivity index (χ0) is 12.2. The number of hydrogen-bond acceptors (Lipinski definition) is 2. The second kappa shape index (κ2) is 5.62. The molecule has 1 aliphatic rings. The summed E-state index contributed by atoms with van der Waals surface area (Å²) in [5.74, 6) is 0.522. The predicted molar refractivity (Wildman–Crippen MR) is 66.2 cm³/mol. The van der Waals surface area contributed by atoms with Gasteiger partial charge in [-0.2, -0.15) is 0 Å². The summed E-state index contributed by atoms with van der Waals surface area (Å²) < 4.78 is 0. The van der Waals surface area contributed by atoms with Crippen molar-refractivity contribution >= 4 is 5.78 Å². The summed E-state index contributed by atoms with van der Waals surface area (Å²) in [6.07, 6.45) is 6.62. The first-order chi connectivity index (χ1) is 7.44. The molecular weight excluding hydrogens is 200 g/mol. The SMILES string of the molecule is CC(CO)CCC(=O)C1=CCCC(C)(C)C1. The second-order valence-corrected chi connectivity index (χ2v) is 5.86. The third-order valence-corrected chi connectivity index (χ3v) is 3.41. The summed E-state index contributed by atoms with van der Waals surface area (Å²) in [6.45, 7) is 6.61. The Morgan fingerprint density at radius 3 is 2.81 bits per heavy atom. The lowest BCUT2D eigenvalue weighted by Gasteiger charge is -2.29. The summed E-state index contributed by atoms with van der Waals surface area (Å²) in [6, 6.07) is 0. The van der Waals surface area contributed by atoms with Gasteiger partial charge in [-0.25, -0.2) is 0 Å². The van der Waals surface area contributed by atoms with E-state index in [9.17, 15) is 4.79 Å². The maximum Gasteiger partial charge on any atom is 0.158 e. The highest BCUT2D eigenvalue weighted by molar-refractivity contribution is 5.95. The summed E-state index contributed by atoms with van der Waals surface area (Å²) in [5, 5.41) is 8.92. The minimum Gasteiger partial charge on any atom is -0.396 e. The van der Waals surface area contributed by atoms with Gasteiger partial charge in [-0.3, -0.25) is 4.79 Å². The zero-order valence-corrected chi connectivity index (χ0v) is 10.8. The fourth-order valence-electron chi connectivity index (χ4n) is 2.16. The summed E-state index contributed by atoms with van der Waals surface area (Å²) >= 11 is 0. The Labute approximate surface area is 98.7 Å². The van der Waals surface area contributed by atoms with Crippen LogP contribution in [0.3, 0.4) is 0 Å². The molecule has 0 aromatic carbocycles. The van der Waals surface area contributed by atoms with Crippen LogP contribution in [0.4, 0.5) is 0 Å². The van der Waals surface area contributed by atoms with Crippen molar-refractivity contribution in [3.05, 3.63) is 11.6 Å². The third-order valence-electron chi connectivity index (χ3n) is 3.41. The largest absolute Gasteiger partial charge is 0.396 e. The molecule has 0 saturated heterocycles. The number of carbonyl (C=O) groups is 1. The highest BCUT2D eigenvalue weighted by Crippen LogP contribution is 2.35. The van der Waals surface area contributed by atoms with E-state index in [-0.39, 0.29) is 23.7 Å². The van der Waals surface area contributed by atoms with Gasteiger partial charge in [0.05, 0.1) is 0 Å². The molecule has 0 amide bonds. The number of hydrogen-bond donors (Lipinski definition) is 1. The molecule has 0 radical (unpaired) electrons. The fourth-order valence-corrected chi connectivity index (χ4v) is 2.16. The maximum absolute atomic E-state index is 12.0. The van der Waals surface area contributed by atoms with Crippen LogP contribution in [-0.2, 0) is 4.79 Å². The molecule has 16 heavy (non-hydrogen) atoms. The summed E-state index contributed by atoms with van der Waals surface area (Å²) in [5.41, 5.74) is 1.30. The lowest BCUT2D eigenvalue weighted by Crippen LogP contribution is -2.20. The normalized spacial score (nSPS) is 21.4. The third kappa shape index (κ3) is 4.09. The van der Waals surface area contributed by atoms with E-state index in [0.717, 1.165) is 24.8 Å². The Bertz CT molecular complexity index is 276. The average Bonchev–Trinajstić information content (AvgIpc) is 2.23. The molecule has 0 aromatic rings. The standard InChI is InChI=1S/C14H24O2/c1-11(10-15)6-7-13(16)12-5-4-8-14(2,3)9-12/h5,11,15H,4,6-10H2,1-3H3. The molecule has 0 aliphatic heterocycles. The highest BCUT2D eigenvalue weighted by Gasteiger charge is 2.25. The molecule has 1 N–H and O–H groups in total. The van der Waals surface area contributed by atoms with Gasteiger partial charge >= 0.3 is 0 Å². The number of rotatable bonds is 5. The number of aliphatic hydroxyl groups is 1. The molecule has 0 saturated carbocycles. The Balaban J connectivity index is 2.45. The number of allylic oxidation sites excluding steroid dienone is 2. The van der Waals surface area contributed by atoms with Crippen molar-refractivity contribution < 1.29 is 9.90 Å². The first kappa shape index (κ1) is 13.4. The molecule has 2 heteroatoms. The van der Waals surface area contributed by atoms with Gasteiger partial charge in [0.1, 0.15) is 0 Å². The van der Waals surface area contributed by atoms with Crippen molar-refractivity contribution in [1.82, 2.24) is 0 Å². The molecule has 1 aliphatic carbocycles. The molecular formula is C14H24O2. The first-order valence-corrected chi connectivity index (χ1v) is 6.28. The number of carbonyl (C=O) groups excluding carboxylic acids is 1. The number of aliphatic hydroxyl groups excluding tert-OH is 1. The average molecular weight is 224 g/mol. The van der Waals surface area contributed by atoms with Crippen molar-refractivity contribution in [1.29, 1.82) is 0 Å². The van der Waals surface area contributed by atoms with E-state index in [4.69, 9.17) is 5.11 Å². The van der Waals surface area contributed by atoms with Gasteiger partial charge < -0.3 is 5.11 Å². The van der Waals surface area contributed by atoms with E-state index >= 15 is 0 Å². The van der Waals surface area contributed by atoms with E-state index in [1.165, 1.54) is 6.42 Å². The molecule has 0 fully saturated rings. The predicted octanol–water partition coefficient (Wildman–Crippen LogP) is 3.10. The molecule has 1 unspecified atom stereocenters. The topological polar surface area (TPSA) is 37.3 Å². The highest BCUT2D eigenvalue weighted by atomic mass is 16.3. The number of Topliss-reactive ketones (excluding diaryl/α,β-unsaturated/α-hetero) is 1. The van der Waals surface area contributed by atoms with Crippen LogP contribution in [0.5, 0.6) is 0 Å². The lowest BCUT2D eigenvalue weighted by atomic mass is 9.76. The van der Waals surface area contributed by atoms with E-state index in [0.29, 0.717) is 6.42 Å². The Morgan fingerprint density at radius 1 is 1.56 bits per heavy atom. The van der Waals surface area contributed by atoms with E-state index in [2.05, 4.69) is 19.9 Å². The van der Waals surface area contributed by atoms with Gasteiger partial charge in [0, 0.05) is 13.0 Å². The Kier molecular flexibility index (Phi) is 4.72. The van der Waals surface area contributed by atoms with Crippen molar-refractivity contribution in [2.24, 2.45) is 11.3 Å². The van der Waals surface area contributed by atoms with Crippen LogP contribution in [0.2, 0.25) is 0 Å². The first-order valence-electron chi connectivity index (χ1n) is 6.28. The van der Waals surface area contributed by atoms with Crippen LogP contribution in [-0.4, -0.2) is 17.5 Å². The Hall–Kier alpha value is -0.630. The van der Waals surface area contributed by atoms with Crippen LogP contribution in [0.25, 0.3) is 0 Å². The summed E-state index contributed by atoms with van der Waals surface area (Å²) in [7, 11) is 0. The van der Waals surface area contributed by atoms with E-state index in [1.54, 1.807) is 0 Å². The van der Waals surface area contributed by atoms with Crippen molar-refractivity contribution in [2.45, 2.75) is 52.9 Å². The smallest absolute Gasteiger partial charge is 0.158 e. The quantitative estimate of drug-likeness (QED) is 0.779. The summed E-state index contributed by atoms with van der Waals surface area (Å²) in [4.78, 5) is 12.0. The van der Waals surface area contributed by atoms with E-state index < -0.39 is 0 Å². The molecule has 2 nitrogen and oxygen atoms in total. The molecule has 1 rings (SSSR count). The van der Waals surface area contributed by atoms with Gasteiger partial charge in [0.25, 0.3) is 0 Å². The van der Waals surface area contributed by atoms with Gasteiger partial charge in [-0.1, -0.05) is 26.8 Å². The van der Waals surface area contributed by atoms with Crippen molar-refractivity contribution in [3.8, 4) is 0 Å². The fraction of sp³-hybridized carbons (Fsp3) is 0.786. The van der Waals surface area contributed by atoms with Gasteiger partial charge in [-0.15, -0.1) is 0 Å². The zero-order valence-electron chi connectivity index (χ0n) is 10.8. The molecule has 0 aromatic heterocycles. The van der Waals surface area contributed by atoms with Crippen LogP contribution in [0.1, 0.15) is 52.9 Å². The molecule has 0 heterocycles. The Morgan fingerprint density at radius 2 is 2.25 bits per heavy atom. The van der Waals surface area contributed by atoms with Crippen LogP contribution in [0, 0.1) is 11.3 Å². The van der Waals surface area contributed by atoms with Crippen LogP contribution in [0.15, 0.2) is 11.6 Å². The second-order valence-electron chi connectivity index (χ2n) is 5.86.